The lowest BCUT2D eigenvalue weighted by molar-refractivity contribution is -0.139. The zero-order chi connectivity index (χ0) is 18.0. The Labute approximate surface area is 148 Å². The fraction of sp³-hybridized carbons (Fsp3) is 0.556. The fourth-order valence-electron chi connectivity index (χ4n) is 3.53. The summed E-state index contributed by atoms with van der Waals surface area (Å²) >= 11 is 0. The van der Waals surface area contributed by atoms with Gasteiger partial charge < -0.3 is 10.6 Å². The summed E-state index contributed by atoms with van der Waals surface area (Å²) in [7, 11) is -3.09. The Balaban J connectivity index is 1.57. The van der Waals surface area contributed by atoms with Gasteiger partial charge in [0.25, 0.3) is 0 Å². The first-order valence-corrected chi connectivity index (χ1v) is 10.6. The highest BCUT2D eigenvalue weighted by atomic mass is 32.2. The second kappa shape index (κ2) is 7.15. The van der Waals surface area contributed by atoms with Crippen LogP contribution in [0.25, 0.3) is 0 Å². The quantitative estimate of drug-likeness (QED) is 0.784. The first kappa shape index (κ1) is 17.9. The third-order valence-corrected chi connectivity index (χ3v) is 6.76. The van der Waals surface area contributed by atoms with Crippen molar-refractivity contribution in [3.05, 3.63) is 34.9 Å². The van der Waals surface area contributed by atoms with Crippen molar-refractivity contribution in [2.24, 2.45) is 0 Å². The largest absolute Gasteiger partial charge is 0.344 e. The minimum Gasteiger partial charge on any atom is -0.344 e. The van der Waals surface area contributed by atoms with Gasteiger partial charge in [0.2, 0.25) is 0 Å². The zero-order valence-electron chi connectivity index (χ0n) is 14.4. The summed E-state index contributed by atoms with van der Waals surface area (Å²) in [4.78, 5) is 24.1. The smallest absolute Gasteiger partial charge is 0.309 e. The van der Waals surface area contributed by atoms with Crippen LogP contribution < -0.4 is 10.6 Å². The van der Waals surface area contributed by atoms with Crippen LogP contribution in [0.3, 0.4) is 0 Å². The van der Waals surface area contributed by atoms with E-state index in [0.717, 1.165) is 18.4 Å². The average molecular weight is 364 g/mol. The predicted octanol–water partition coefficient (Wildman–Crippen LogP) is 1.05. The standard InChI is InChI=1S/C18H24N2O4S/c1-12(14-7-6-13-4-2-3-5-15(13)10-14)19-17(21)18(22)20-16-8-9-25(23,24)11-16/h6-7,10,12,16H,2-5,8-9,11H2,1H3,(H,19,21)(H,20,22). The molecule has 2 atom stereocenters. The first-order valence-electron chi connectivity index (χ1n) is 8.77. The van der Waals surface area contributed by atoms with Crippen LogP contribution in [-0.2, 0) is 32.3 Å². The van der Waals surface area contributed by atoms with E-state index in [-0.39, 0.29) is 17.5 Å². The van der Waals surface area contributed by atoms with Crippen LogP contribution in [0.1, 0.15) is 48.9 Å². The molecule has 2 N–H and O–H groups in total. The van der Waals surface area contributed by atoms with E-state index >= 15 is 0 Å². The molecule has 1 aliphatic carbocycles. The number of benzene rings is 1. The van der Waals surface area contributed by atoms with Crippen LogP contribution >= 0.6 is 0 Å². The van der Waals surface area contributed by atoms with Crippen molar-refractivity contribution in [3.8, 4) is 0 Å². The van der Waals surface area contributed by atoms with Crippen LogP contribution in [0.5, 0.6) is 0 Å². The molecule has 2 aliphatic rings. The third-order valence-electron chi connectivity index (χ3n) is 4.99. The highest BCUT2D eigenvalue weighted by molar-refractivity contribution is 7.91. The SMILES string of the molecule is CC(NC(=O)C(=O)NC1CCS(=O)(=O)C1)c1ccc2c(c1)CCCC2. The summed E-state index contributed by atoms with van der Waals surface area (Å²) in [6.07, 6.45) is 4.92. The van der Waals surface area contributed by atoms with Gasteiger partial charge in [-0.05, 0) is 55.7 Å². The van der Waals surface area contributed by atoms with Gasteiger partial charge >= 0.3 is 11.8 Å². The zero-order valence-corrected chi connectivity index (χ0v) is 15.2. The Hall–Kier alpha value is -1.89. The van der Waals surface area contributed by atoms with Crippen LogP contribution in [0.15, 0.2) is 18.2 Å². The van der Waals surface area contributed by atoms with E-state index in [0.29, 0.717) is 6.42 Å². The van der Waals surface area contributed by atoms with Gasteiger partial charge in [-0.15, -0.1) is 0 Å². The molecule has 2 amide bonds. The number of rotatable bonds is 3. The monoisotopic (exact) mass is 364 g/mol. The van der Waals surface area contributed by atoms with Gasteiger partial charge in [-0.2, -0.15) is 0 Å². The number of carbonyl (C=O) groups is 2. The molecule has 0 radical (unpaired) electrons. The summed E-state index contributed by atoms with van der Waals surface area (Å²) in [5, 5.41) is 5.21. The second-order valence-electron chi connectivity index (χ2n) is 7.00. The molecule has 2 unspecified atom stereocenters. The van der Waals surface area contributed by atoms with Crippen LogP contribution in [0, 0.1) is 0 Å². The molecule has 136 valence electrons. The maximum absolute atomic E-state index is 12.1. The number of sulfone groups is 1. The highest BCUT2D eigenvalue weighted by Gasteiger charge is 2.30. The number of aryl methyl sites for hydroxylation is 2. The van der Waals surface area contributed by atoms with Crippen molar-refractivity contribution in [2.45, 2.75) is 51.1 Å². The van der Waals surface area contributed by atoms with E-state index in [1.807, 2.05) is 13.0 Å². The maximum atomic E-state index is 12.1. The molecule has 1 aromatic rings. The van der Waals surface area contributed by atoms with E-state index in [1.165, 1.54) is 24.0 Å². The minimum absolute atomic E-state index is 0.0606. The lowest BCUT2D eigenvalue weighted by Gasteiger charge is -2.20. The van der Waals surface area contributed by atoms with E-state index in [4.69, 9.17) is 0 Å². The molecule has 3 rings (SSSR count). The van der Waals surface area contributed by atoms with Crippen LogP contribution in [0.4, 0.5) is 0 Å². The molecule has 6 nitrogen and oxygen atoms in total. The van der Waals surface area contributed by atoms with E-state index in [2.05, 4.69) is 22.8 Å². The van der Waals surface area contributed by atoms with Crippen LogP contribution in [0.2, 0.25) is 0 Å². The number of amides is 2. The van der Waals surface area contributed by atoms with Crippen molar-refractivity contribution in [2.75, 3.05) is 11.5 Å². The van der Waals surface area contributed by atoms with Crippen molar-refractivity contribution < 1.29 is 18.0 Å². The lowest BCUT2D eigenvalue weighted by atomic mass is 9.89. The molecule has 25 heavy (non-hydrogen) atoms. The molecule has 0 spiro atoms. The Morgan fingerprint density at radius 2 is 1.84 bits per heavy atom. The maximum Gasteiger partial charge on any atom is 0.309 e. The summed E-state index contributed by atoms with van der Waals surface area (Å²) in [6, 6.07) is 5.47. The third kappa shape index (κ3) is 4.39. The molecule has 1 aromatic carbocycles. The van der Waals surface area contributed by atoms with E-state index in [1.54, 1.807) is 0 Å². The molecule has 1 fully saturated rings. The number of fused-ring (bicyclic) bond motifs is 1. The van der Waals surface area contributed by atoms with Gasteiger partial charge in [0.05, 0.1) is 17.5 Å². The topological polar surface area (TPSA) is 92.3 Å². The lowest BCUT2D eigenvalue weighted by Crippen LogP contribution is -2.45. The molecular formula is C18H24N2O4S. The molecular weight excluding hydrogens is 340 g/mol. The van der Waals surface area contributed by atoms with Gasteiger partial charge in [-0.1, -0.05) is 18.2 Å². The predicted molar refractivity (Wildman–Crippen MR) is 94.8 cm³/mol. The number of hydrogen-bond acceptors (Lipinski definition) is 4. The van der Waals surface area contributed by atoms with Gasteiger partial charge in [0, 0.05) is 6.04 Å². The van der Waals surface area contributed by atoms with Crippen molar-refractivity contribution in [1.29, 1.82) is 0 Å². The molecule has 1 heterocycles. The van der Waals surface area contributed by atoms with E-state index < -0.39 is 27.7 Å². The second-order valence-corrected chi connectivity index (χ2v) is 9.23. The molecule has 0 saturated carbocycles. The van der Waals surface area contributed by atoms with Crippen molar-refractivity contribution in [3.63, 3.8) is 0 Å². The Morgan fingerprint density at radius 3 is 2.52 bits per heavy atom. The number of hydrogen-bond donors (Lipinski definition) is 2. The van der Waals surface area contributed by atoms with Crippen molar-refractivity contribution in [1.82, 2.24) is 10.6 Å². The summed E-state index contributed by atoms with van der Waals surface area (Å²) < 4.78 is 22.8. The van der Waals surface area contributed by atoms with Gasteiger partial charge in [-0.3, -0.25) is 9.59 Å². The first-order chi connectivity index (χ1) is 11.8. The summed E-state index contributed by atoms with van der Waals surface area (Å²) in [5.74, 6) is -1.53. The Kier molecular flexibility index (Phi) is 5.13. The minimum atomic E-state index is -3.09. The number of nitrogens with one attached hydrogen (secondary N) is 2. The van der Waals surface area contributed by atoms with Gasteiger partial charge in [0.15, 0.2) is 9.84 Å². The Morgan fingerprint density at radius 1 is 1.12 bits per heavy atom. The van der Waals surface area contributed by atoms with Crippen LogP contribution in [-0.4, -0.2) is 37.8 Å². The molecule has 7 heteroatoms. The van der Waals surface area contributed by atoms with Crippen molar-refractivity contribution >= 4 is 21.7 Å². The van der Waals surface area contributed by atoms with Gasteiger partial charge in [0.1, 0.15) is 0 Å². The summed E-state index contributed by atoms with van der Waals surface area (Å²) in [6.45, 7) is 1.84. The molecule has 0 bridgehead atoms. The highest BCUT2D eigenvalue weighted by Crippen LogP contribution is 2.24. The van der Waals surface area contributed by atoms with Gasteiger partial charge in [-0.25, -0.2) is 8.42 Å². The molecule has 1 aliphatic heterocycles. The van der Waals surface area contributed by atoms with E-state index in [9.17, 15) is 18.0 Å². The number of carbonyl (C=O) groups excluding carboxylic acids is 2. The Bertz CT molecular complexity index is 788. The average Bonchev–Trinajstić information content (AvgIpc) is 2.92. The normalized spacial score (nSPS) is 22.7. The summed E-state index contributed by atoms with van der Waals surface area (Å²) in [5.41, 5.74) is 3.67. The molecule has 1 saturated heterocycles. The molecule has 0 aromatic heterocycles. The fourth-order valence-corrected chi connectivity index (χ4v) is 5.20.